The van der Waals surface area contributed by atoms with Crippen molar-refractivity contribution in [3.8, 4) is 0 Å². The molecule has 2 aromatic rings. The molecule has 0 bridgehead atoms. The Hall–Kier alpha value is -1.53. The van der Waals surface area contributed by atoms with Gasteiger partial charge in [0.2, 0.25) is 0 Å². The van der Waals surface area contributed by atoms with Crippen molar-refractivity contribution in [3.63, 3.8) is 0 Å². The molecule has 1 heterocycles. The van der Waals surface area contributed by atoms with Crippen molar-refractivity contribution in [2.24, 2.45) is 5.73 Å². The van der Waals surface area contributed by atoms with E-state index in [0.29, 0.717) is 12.6 Å². The van der Waals surface area contributed by atoms with Gasteiger partial charge in [0.15, 0.2) is 5.16 Å². The third-order valence-corrected chi connectivity index (χ3v) is 4.07. The average molecular weight is 262 g/mol. The number of rotatable bonds is 4. The lowest BCUT2D eigenvalue weighted by Crippen LogP contribution is -2.16. The van der Waals surface area contributed by atoms with Gasteiger partial charge in [-0.1, -0.05) is 18.2 Å². The molecule has 0 radical (unpaired) electrons. The summed E-state index contributed by atoms with van der Waals surface area (Å²) in [6.07, 6.45) is 2.12. The lowest BCUT2D eigenvalue weighted by atomic mass is 10.2. The molecule has 94 valence electrons. The van der Waals surface area contributed by atoms with Crippen LogP contribution >= 0.6 is 11.8 Å². The molecule has 1 saturated carbocycles. The van der Waals surface area contributed by atoms with Gasteiger partial charge in [0.05, 0.1) is 0 Å². The fourth-order valence-electron chi connectivity index (χ4n) is 1.89. The minimum Gasteiger partial charge on any atom is -0.326 e. The number of H-pyrrole nitrogens is 1. The third kappa shape index (κ3) is 2.09. The van der Waals surface area contributed by atoms with E-state index in [1.165, 1.54) is 11.8 Å². The summed E-state index contributed by atoms with van der Waals surface area (Å²) >= 11 is 1.50. The summed E-state index contributed by atoms with van der Waals surface area (Å²) in [5.41, 5.74) is 6.66. The molecular formula is C12H14N4OS. The normalized spacial score (nSPS) is 14.9. The Morgan fingerprint density at radius 3 is 2.94 bits per heavy atom. The first-order valence-electron chi connectivity index (χ1n) is 5.92. The molecule has 0 amide bonds. The molecule has 0 unspecified atom stereocenters. The molecule has 6 heteroatoms. The zero-order chi connectivity index (χ0) is 12.5. The van der Waals surface area contributed by atoms with Crippen LogP contribution in [-0.4, -0.2) is 14.8 Å². The maximum absolute atomic E-state index is 11.7. The highest BCUT2D eigenvalue weighted by atomic mass is 32.2. The lowest BCUT2D eigenvalue weighted by molar-refractivity contribution is 0.642. The summed E-state index contributed by atoms with van der Waals surface area (Å²) in [6, 6.07) is 8.25. The van der Waals surface area contributed by atoms with E-state index in [1.807, 2.05) is 24.3 Å². The highest BCUT2D eigenvalue weighted by molar-refractivity contribution is 7.99. The van der Waals surface area contributed by atoms with E-state index in [1.54, 1.807) is 4.57 Å². The highest BCUT2D eigenvalue weighted by Gasteiger charge is 2.28. The van der Waals surface area contributed by atoms with Gasteiger partial charge in [0.25, 0.3) is 0 Å². The second kappa shape index (κ2) is 4.62. The number of aromatic amines is 1. The van der Waals surface area contributed by atoms with Crippen LogP contribution in [0.4, 0.5) is 0 Å². The van der Waals surface area contributed by atoms with Crippen LogP contribution in [-0.2, 0) is 6.54 Å². The van der Waals surface area contributed by atoms with E-state index in [9.17, 15) is 4.79 Å². The van der Waals surface area contributed by atoms with Crippen LogP contribution in [0.2, 0.25) is 0 Å². The van der Waals surface area contributed by atoms with Crippen LogP contribution in [0.15, 0.2) is 39.1 Å². The Morgan fingerprint density at radius 1 is 1.44 bits per heavy atom. The fourth-order valence-corrected chi connectivity index (χ4v) is 2.93. The van der Waals surface area contributed by atoms with Crippen molar-refractivity contribution in [3.05, 3.63) is 40.3 Å². The molecule has 18 heavy (non-hydrogen) atoms. The molecule has 1 aliphatic carbocycles. The fraction of sp³-hybridized carbons (Fsp3) is 0.333. The largest absolute Gasteiger partial charge is 0.344 e. The van der Waals surface area contributed by atoms with Crippen molar-refractivity contribution >= 4 is 11.8 Å². The summed E-state index contributed by atoms with van der Waals surface area (Å²) in [7, 11) is 0. The zero-order valence-electron chi connectivity index (χ0n) is 9.80. The van der Waals surface area contributed by atoms with Crippen molar-refractivity contribution in [2.45, 2.75) is 35.5 Å². The Labute approximate surface area is 108 Å². The number of benzene rings is 1. The van der Waals surface area contributed by atoms with Crippen LogP contribution in [0.1, 0.15) is 24.4 Å². The van der Waals surface area contributed by atoms with Crippen LogP contribution in [0, 0.1) is 0 Å². The van der Waals surface area contributed by atoms with E-state index < -0.39 is 0 Å². The smallest absolute Gasteiger partial charge is 0.326 e. The minimum atomic E-state index is -0.120. The Balaban J connectivity index is 1.95. The molecule has 0 aliphatic heterocycles. The molecule has 1 aromatic heterocycles. The second-order valence-electron chi connectivity index (χ2n) is 4.33. The molecule has 0 saturated heterocycles. The Kier molecular flexibility index (Phi) is 2.97. The van der Waals surface area contributed by atoms with E-state index in [0.717, 1.165) is 28.5 Å². The Bertz CT molecular complexity index is 615. The van der Waals surface area contributed by atoms with E-state index in [4.69, 9.17) is 5.73 Å². The molecule has 3 N–H and O–H groups in total. The monoisotopic (exact) mass is 262 g/mol. The van der Waals surface area contributed by atoms with Gasteiger partial charge in [-0.15, -0.1) is 5.10 Å². The van der Waals surface area contributed by atoms with Crippen molar-refractivity contribution in [2.75, 3.05) is 0 Å². The first-order valence-corrected chi connectivity index (χ1v) is 6.74. The molecule has 1 aromatic carbocycles. The quantitative estimate of drug-likeness (QED) is 0.875. The number of nitrogens with zero attached hydrogens (tertiary/aromatic N) is 2. The standard InChI is InChI=1S/C12H14N4OS/c13-7-8-3-1-2-4-10(8)18-12-15-14-11(17)16(12)9-5-6-9/h1-4,9H,5-7,13H2,(H,14,17). The van der Waals surface area contributed by atoms with Gasteiger partial charge in [0.1, 0.15) is 0 Å². The summed E-state index contributed by atoms with van der Waals surface area (Å²) < 4.78 is 1.75. The lowest BCUT2D eigenvalue weighted by Gasteiger charge is -2.07. The van der Waals surface area contributed by atoms with Crippen molar-refractivity contribution in [1.82, 2.24) is 14.8 Å². The SMILES string of the molecule is NCc1ccccc1Sc1n[nH]c(=O)n1C1CC1. The summed E-state index contributed by atoms with van der Waals surface area (Å²) in [4.78, 5) is 12.7. The summed E-state index contributed by atoms with van der Waals surface area (Å²) in [5.74, 6) is 0. The van der Waals surface area contributed by atoms with Crippen LogP contribution < -0.4 is 11.4 Å². The molecular weight excluding hydrogens is 248 g/mol. The van der Waals surface area contributed by atoms with E-state index in [-0.39, 0.29) is 5.69 Å². The van der Waals surface area contributed by atoms with E-state index >= 15 is 0 Å². The van der Waals surface area contributed by atoms with Crippen molar-refractivity contribution in [1.29, 1.82) is 0 Å². The molecule has 0 spiro atoms. The molecule has 1 fully saturated rings. The first-order chi connectivity index (χ1) is 8.79. The molecule has 1 aliphatic rings. The topological polar surface area (TPSA) is 76.7 Å². The van der Waals surface area contributed by atoms with Gasteiger partial charge in [-0.3, -0.25) is 4.57 Å². The predicted molar refractivity (Wildman–Crippen MR) is 69.6 cm³/mol. The molecule has 3 rings (SSSR count). The zero-order valence-corrected chi connectivity index (χ0v) is 10.6. The van der Waals surface area contributed by atoms with Gasteiger partial charge in [-0.25, -0.2) is 9.89 Å². The highest BCUT2D eigenvalue weighted by Crippen LogP contribution is 2.38. The predicted octanol–water partition coefficient (Wildman–Crippen LogP) is 1.52. The van der Waals surface area contributed by atoms with Crippen molar-refractivity contribution < 1.29 is 0 Å². The number of nitrogens with one attached hydrogen (secondary N) is 1. The maximum Gasteiger partial charge on any atom is 0.344 e. The average Bonchev–Trinajstić information content (AvgIpc) is 3.16. The molecule has 0 atom stereocenters. The van der Waals surface area contributed by atoms with E-state index in [2.05, 4.69) is 10.2 Å². The second-order valence-corrected chi connectivity index (χ2v) is 5.34. The van der Waals surface area contributed by atoms with Gasteiger partial charge in [0, 0.05) is 17.5 Å². The van der Waals surface area contributed by atoms with Gasteiger partial charge < -0.3 is 5.73 Å². The van der Waals surface area contributed by atoms with Gasteiger partial charge in [-0.05, 0) is 36.2 Å². The number of nitrogens with two attached hydrogens (primary N) is 1. The summed E-state index contributed by atoms with van der Waals surface area (Å²) in [6.45, 7) is 0.487. The Morgan fingerprint density at radius 2 is 2.22 bits per heavy atom. The van der Waals surface area contributed by atoms with Crippen LogP contribution in [0.25, 0.3) is 0 Å². The number of hydrogen-bond acceptors (Lipinski definition) is 4. The summed E-state index contributed by atoms with van der Waals surface area (Å²) in [5, 5.41) is 7.34. The van der Waals surface area contributed by atoms with Crippen LogP contribution in [0.5, 0.6) is 0 Å². The maximum atomic E-state index is 11.7. The van der Waals surface area contributed by atoms with Gasteiger partial charge in [-0.2, -0.15) is 0 Å². The number of hydrogen-bond donors (Lipinski definition) is 2. The van der Waals surface area contributed by atoms with Gasteiger partial charge >= 0.3 is 5.69 Å². The number of aromatic nitrogens is 3. The first kappa shape index (κ1) is 11.6. The minimum absolute atomic E-state index is 0.120. The third-order valence-electron chi connectivity index (χ3n) is 2.98. The molecule has 5 nitrogen and oxygen atoms in total. The van der Waals surface area contributed by atoms with Crippen LogP contribution in [0.3, 0.4) is 0 Å².